The van der Waals surface area contributed by atoms with E-state index in [1.54, 1.807) is 12.1 Å². The Hall–Kier alpha value is -2.94. The van der Waals surface area contributed by atoms with Crippen molar-refractivity contribution in [3.05, 3.63) is 48.4 Å². The van der Waals surface area contributed by atoms with E-state index in [1.807, 2.05) is 24.3 Å². The van der Waals surface area contributed by atoms with Gasteiger partial charge in [0.1, 0.15) is 5.75 Å². The third kappa shape index (κ3) is 3.76. The number of anilines is 1. The zero-order valence-electron chi connectivity index (χ0n) is 20.1. The fourth-order valence-electron chi connectivity index (χ4n) is 5.27. The summed E-state index contributed by atoms with van der Waals surface area (Å²) in [6, 6.07) is 11.7. The number of ether oxygens (including phenoxy) is 1. The monoisotopic (exact) mass is 482 g/mol. The van der Waals surface area contributed by atoms with Crippen LogP contribution in [0.25, 0.3) is 11.3 Å². The molecule has 1 aromatic carbocycles. The van der Waals surface area contributed by atoms with E-state index in [4.69, 9.17) is 9.26 Å². The number of benzene rings is 1. The summed E-state index contributed by atoms with van der Waals surface area (Å²) in [7, 11) is -3.25. The highest BCUT2D eigenvalue weighted by molar-refractivity contribution is 7.90. The van der Waals surface area contributed by atoms with Gasteiger partial charge in [0.15, 0.2) is 15.7 Å². The second-order valence-electron chi connectivity index (χ2n) is 10.3. The van der Waals surface area contributed by atoms with Gasteiger partial charge in [-0.25, -0.2) is 8.42 Å². The topological polar surface area (TPSA) is 98.4 Å². The maximum atomic E-state index is 11.6. The lowest BCUT2D eigenvalue weighted by atomic mass is 10.0. The molecule has 9 heteroatoms. The Balaban J connectivity index is 1.19. The second-order valence-corrected chi connectivity index (χ2v) is 12.3. The maximum absolute atomic E-state index is 11.6. The standard InChI is InChI=1S/C25H30N4O4S/c1-16(2)22-27-23(33-28-22)29-14-24(3)21(25(24,4)15-29)13-32-18-8-6-17(7-9-18)20-11-10-19(12-26-20)34(5,30)31/h6-12,16,21H,13-15H2,1-5H3/t21-,24+,25-. The van der Waals surface area contributed by atoms with E-state index in [1.165, 1.54) is 12.5 Å². The second kappa shape index (κ2) is 7.80. The maximum Gasteiger partial charge on any atom is 0.324 e. The SMILES string of the molecule is CC(C)c1noc(N2C[C@@]3(C)[C@@H](COc4ccc(-c5ccc(S(C)(=O)=O)cn5)cc4)[C@@]3(C)C2)n1. The van der Waals surface area contributed by atoms with Crippen LogP contribution >= 0.6 is 0 Å². The van der Waals surface area contributed by atoms with E-state index in [0.29, 0.717) is 18.5 Å². The van der Waals surface area contributed by atoms with Crippen LogP contribution < -0.4 is 9.64 Å². The lowest BCUT2D eigenvalue weighted by Crippen LogP contribution is -2.29. The number of hydrogen-bond donors (Lipinski definition) is 0. The van der Waals surface area contributed by atoms with Crippen LogP contribution in [0.4, 0.5) is 6.01 Å². The van der Waals surface area contributed by atoms with E-state index in [0.717, 1.165) is 35.9 Å². The van der Waals surface area contributed by atoms with Crippen molar-refractivity contribution in [3.8, 4) is 17.0 Å². The number of hydrogen-bond acceptors (Lipinski definition) is 8. The first-order chi connectivity index (χ1) is 16.0. The molecular weight excluding hydrogens is 452 g/mol. The van der Waals surface area contributed by atoms with Crippen LogP contribution in [-0.4, -0.2) is 49.5 Å². The van der Waals surface area contributed by atoms with Gasteiger partial charge in [-0.3, -0.25) is 4.98 Å². The first-order valence-electron chi connectivity index (χ1n) is 11.5. The molecule has 0 bridgehead atoms. The van der Waals surface area contributed by atoms with E-state index < -0.39 is 9.84 Å². The van der Waals surface area contributed by atoms with Crippen molar-refractivity contribution in [1.29, 1.82) is 0 Å². The average Bonchev–Trinajstić information content (AvgIpc) is 3.18. The van der Waals surface area contributed by atoms with Gasteiger partial charge in [0, 0.05) is 42.9 Å². The molecule has 1 aliphatic heterocycles. The number of sulfone groups is 1. The summed E-state index contributed by atoms with van der Waals surface area (Å²) < 4.78 is 34.9. The van der Waals surface area contributed by atoms with Gasteiger partial charge in [-0.05, 0) is 47.2 Å². The molecule has 34 heavy (non-hydrogen) atoms. The minimum Gasteiger partial charge on any atom is -0.493 e. The number of aromatic nitrogens is 3. The van der Waals surface area contributed by atoms with Gasteiger partial charge in [-0.2, -0.15) is 4.98 Å². The van der Waals surface area contributed by atoms with Gasteiger partial charge >= 0.3 is 6.01 Å². The highest BCUT2D eigenvalue weighted by atomic mass is 32.2. The van der Waals surface area contributed by atoms with Crippen molar-refractivity contribution >= 4 is 15.9 Å². The molecular formula is C25H30N4O4S. The molecule has 3 heterocycles. The van der Waals surface area contributed by atoms with Gasteiger partial charge in [0.2, 0.25) is 0 Å². The van der Waals surface area contributed by atoms with Crippen LogP contribution in [0.3, 0.4) is 0 Å². The minimum atomic E-state index is -3.25. The Kier molecular flexibility index (Phi) is 5.24. The van der Waals surface area contributed by atoms with Crippen LogP contribution in [0.5, 0.6) is 5.75 Å². The quantitative estimate of drug-likeness (QED) is 0.494. The number of nitrogens with zero attached hydrogens (tertiary/aromatic N) is 4. The minimum absolute atomic E-state index is 0.144. The molecule has 0 N–H and O–H groups in total. The third-order valence-electron chi connectivity index (χ3n) is 7.75. The predicted molar refractivity (Wildman–Crippen MR) is 129 cm³/mol. The van der Waals surface area contributed by atoms with Gasteiger partial charge in [-0.1, -0.05) is 32.9 Å². The molecule has 8 nitrogen and oxygen atoms in total. The largest absolute Gasteiger partial charge is 0.493 e. The van der Waals surface area contributed by atoms with Gasteiger partial charge in [0.05, 0.1) is 17.2 Å². The summed E-state index contributed by atoms with van der Waals surface area (Å²) >= 11 is 0. The van der Waals surface area contributed by atoms with E-state index in [-0.39, 0.29) is 21.6 Å². The molecule has 3 aromatic rings. The zero-order chi connectivity index (χ0) is 24.3. The summed E-state index contributed by atoms with van der Waals surface area (Å²) in [5.74, 6) is 2.25. The van der Waals surface area contributed by atoms with Crippen molar-refractivity contribution in [2.45, 2.75) is 38.5 Å². The Morgan fingerprint density at radius 3 is 2.32 bits per heavy atom. The van der Waals surface area contributed by atoms with Crippen LogP contribution in [0.1, 0.15) is 39.4 Å². The van der Waals surface area contributed by atoms with Crippen molar-refractivity contribution in [1.82, 2.24) is 15.1 Å². The lowest BCUT2D eigenvalue weighted by molar-refractivity contribution is 0.261. The summed E-state index contributed by atoms with van der Waals surface area (Å²) in [5.41, 5.74) is 1.91. The van der Waals surface area contributed by atoms with Crippen LogP contribution in [0.2, 0.25) is 0 Å². The first kappa shape index (κ1) is 22.8. The van der Waals surface area contributed by atoms with Crippen molar-refractivity contribution in [2.24, 2.45) is 16.7 Å². The Morgan fingerprint density at radius 2 is 1.79 bits per heavy atom. The predicted octanol–water partition coefficient (Wildman–Crippen LogP) is 4.20. The number of rotatable bonds is 7. The molecule has 5 rings (SSSR count). The average molecular weight is 483 g/mol. The zero-order valence-corrected chi connectivity index (χ0v) is 21.0. The van der Waals surface area contributed by atoms with Gasteiger partial charge in [0.25, 0.3) is 0 Å². The van der Waals surface area contributed by atoms with Crippen LogP contribution in [-0.2, 0) is 9.84 Å². The Bertz CT molecular complexity index is 1290. The van der Waals surface area contributed by atoms with Crippen LogP contribution in [0.15, 0.2) is 52.0 Å². The molecule has 0 unspecified atom stereocenters. The highest BCUT2D eigenvalue weighted by Crippen LogP contribution is 2.72. The molecule has 0 spiro atoms. The summed E-state index contributed by atoms with van der Waals surface area (Å²) in [6.45, 7) is 11.2. The third-order valence-corrected chi connectivity index (χ3v) is 8.85. The summed E-state index contributed by atoms with van der Waals surface area (Å²) in [6.07, 6.45) is 2.57. The Morgan fingerprint density at radius 1 is 1.12 bits per heavy atom. The van der Waals surface area contributed by atoms with Crippen LogP contribution in [0, 0.1) is 16.7 Å². The molecule has 3 atom stereocenters. The lowest BCUT2D eigenvalue weighted by Gasteiger charge is -2.21. The number of piperidine rings is 1. The van der Waals surface area contributed by atoms with Gasteiger partial charge in [-0.15, -0.1) is 0 Å². The van der Waals surface area contributed by atoms with Crippen molar-refractivity contribution in [3.63, 3.8) is 0 Å². The molecule has 2 aromatic heterocycles. The molecule has 1 aliphatic carbocycles. The highest BCUT2D eigenvalue weighted by Gasteiger charge is 2.75. The van der Waals surface area contributed by atoms with E-state index in [9.17, 15) is 8.42 Å². The molecule has 0 radical (unpaired) electrons. The van der Waals surface area contributed by atoms with E-state index in [2.05, 4.69) is 47.7 Å². The smallest absolute Gasteiger partial charge is 0.324 e. The Labute approximate surface area is 200 Å². The molecule has 2 fully saturated rings. The fraction of sp³-hybridized carbons (Fsp3) is 0.480. The molecule has 0 amide bonds. The summed E-state index contributed by atoms with van der Waals surface area (Å²) in [5, 5.41) is 4.10. The molecule has 2 aliphatic rings. The molecule has 1 saturated carbocycles. The fourth-order valence-corrected chi connectivity index (χ4v) is 5.83. The first-order valence-corrected chi connectivity index (χ1v) is 13.4. The van der Waals surface area contributed by atoms with Crippen molar-refractivity contribution in [2.75, 3.05) is 30.9 Å². The molecule has 1 saturated heterocycles. The normalized spacial score (nSPS) is 26.1. The summed E-state index contributed by atoms with van der Waals surface area (Å²) in [4.78, 5) is 11.3. The number of pyridine rings is 1. The molecule has 180 valence electrons. The van der Waals surface area contributed by atoms with Gasteiger partial charge < -0.3 is 14.2 Å². The van der Waals surface area contributed by atoms with Crippen molar-refractivity contribution < 1.29 is 17.7 Å². The number of fused-ring (bicyclic) bond motifs is 1. The van der Waals surface area contributed by atoms with E-state index >= 15 is 0 Å².